The summed E-state index contributed by atoms with van der Waals surface area (Å²) in [5, 5.41) is 3.12. The van der Waals surface area contributed by atoms with Gasteiger partial charge in [0.25, 0.3) is 0 Å². The summed E-state index contributed by atoms with van der Waals surface area (Å²) in [6, 6.07) is 10.2. The predicted octanol–water partition coefficient (Wildman–Crippen LogP) is 7.82. The second-order valence-corrected chi connectivity index (χ2v) is 11.7. The summed E-state index contributed by atoms with van der Waals surface area (Å²) in [5.74, 6) is -1.80. The Kier molecular flexibility index (Phi) is 7.73. The van der Waals surface area contributed by atoms with Crippen LogP contribution < -0.4 is 11.1 Å². The Morgan fingerprint density at radius 3 is 2.51 bits per heavy atom. The molecule has 5 nitrogen and oxygen atoms in total. The third-order valence-electron chi connectivity index (χ3n) is 6.63. The molecule has 2 amide bonds. The molecule has 0 aliphatic carbocycles. The molecule has 1 aliphatic rings. The summed E-state index contributed by atoms with van der Waals surface area (Å²) in [6.07, 6.45) is 1.93. The maximum absolute atomic E-state index is 15.6. The van der Waals surface area contributed by atoms with E-state index in [2.05, 4.69) is 10.3 Å². The molecule has 3 atom stereocenters. The van der Waals surface area contributed by atoms with Crippen LogP contribution in [0.3, 0.4) is 0 Å². The van der Waals surface area contributed by atoms with Gasteiger partial charge in [0.2, 0.25) is 0 Å². The fourth-order valence-electron chi connectivity index (χ4n) is 5.16. The fraction of sp³-hybridized carbons (Fsp3) is 0.333. The van der Waals surface area contributed by atoms with Gasteiger partial charge in [0.1, 0.15) is 16.8 Å². The van der Waals surface area contributed by atoms with Crippen molar-refractivity contribution < 1.29 is 13.6 Å². The van der Waals surface area contributed by atoms with E-state index in [0.29, 0.717) is 12.1 Å². The van der Waals surface area contributed by atoms with Gasteiger partial charge in [0.05, 0.1) is 28.5 Å². The van der Waals surface area contributed by atoms with Crippen LogP contribution in [0.4, 0.5) is 19.3 Å². The minimum atomic E-state index is -1.51. The molecule has 1 aliphatic heterocycles. The Morgan fingerprint density at radius 2 is 1.89 bits per heavy atom. The lowest BCUT2D eigenvalue weighted by atomic mass is 9.69. The van der Waals surface area contributed by atoms with Crippen molar-refractivity contribution in [3.8, 4) is 0 Å². The number of amides is 2. The molecule has 0 radical (unpaired) electrons. The van der Waals surface area contributed by atoms with Gasteiger partial charge in [-0.05, 0) is 42.2 Å². The minimum absolute atomic E-state index is 0.0881. The maximum Gasteiger partial charge on any atom is 0.322 e. The monoisotopic (exact) mass is 566 g/mol. The standard InChI is InChI=1S/C27H27Cl3F2N4O/c1-26(2,3)12-15-14-36(25(37)35-17-8-10-22(30)34-13-17)24(18-5-4-6-20(29)23(18)32)27(15,33)19-9-7-16(28)11-21(19)31/h4-11,13,15,24H,12,14,33H2,1-3H3,(H,35,37)/t15-,24-,27+/m1/s1. The maximum atomic E-state index is 15.6. The first kappa shape index (κ1) is 27.6. The number of nitrogens with one attached hydrogen (secondary N) is 1. The van der Waals surface area contributed by atoms with Crippen LogP contribution in [0.1, 0.15) is 44.4 Å². The topological polar surface area (TPSA) is 71.2 Å². The first-order valence-corrected chi connectivity index (χ1v) is 12.8. The Labute approximate surface area is 229 Å². The lowest BCUT2D eigenvalue weighted by Gasteiger charge is -2.40. The third-order valence-corrected chi connectivity index (χ3v) is 7.38. The number of rotatable bonds is 4. The van der Waals surface area contributed by atoms with Gasteiger partial charge in [-0.25, -0.2) is 18.6 Å². The molecule has 4 rings (SSSR count). The van der Waals surface area contributed by atoms with E-state index in [1.165, 1.54) is 47.5 Å². The molecule has 10 heteroatoms. The normalized spacial score (nSPS) is 21.8. The molecule has 1 aromatic heterocycles. The van der Waals surface area contributed by atoms with E-state index in [0.717, 1.165) is 0 Å². The van der Waals surface area contributed by atoms with Crippen LogP contribution in [0, 0.1) is 23.0 Å². The second kappa shape index (κ2) is 10.4. The van der Waals surface area contributed by atoms with Crippen molar-refractivity contribution in [2.75, 3.05) is 11.9 Å². The number of nitrogens with two attached hydrogens (primary N) is 1. The predicted molar refractivity (Wildman–Crippen MR) is 144 cm³/mol. The third kappa shape index (κ3) is 5.55. The first-order valence-electron chi connectivity index (χ1n) is 11.7. The van der Waals surface area contributed by atoms with Crippen LogP contribution in [-0.4, -0.2) is 22.5 Å². The van der Waals surface area contributed by atoms with Gasteiger partial charge in [-0.2, -0.15) is 0 Å². The van der Waals surface area contributed by atoms with Crippen LogP contribution in [0.25, 0.3) is 0 Å². The Morgan fingerprint density at radius 1 is 1.16 bits per heavy atom. The smallest absolute Gasteiger partial charge is 0.319 e. The van der Waals surface area contributed by atoms with Crippen LogP contribution in [0.5, 0.6) is 0 Å². The zero-order valence-electron chi connectivity index (χ0n) is 20.5. The Bertz CT molecular complexity index is 1320. The molecule has 0 unspecified atom stereocenters. The van der Waals surface area contributed by atoms with E-state index in [4.69, 9.17) is 40.5 Å². The van der Waals surface area contributed by atoms with Crippen molar-refractivity contribution in [2.45, 2.75) is 38.8 Å². The number of benzene rings is 2. The molecule has 1 saturated heterocycles. The average molecular weight is 568 g/mol. The zero-order valence-corrected chi connectivity index (χ0v) is 22.8. The van der Waals surface area contributed by atoms with Gasteiger partial charge in [0, 0.05) is 28.6 Å². The van der Waals surface area contributed by atoms with Crippen LogP contribution in [0.15, 0.2) is 54.7 Å². The lowest BCUT2D eigenvalue weighted by Crippen LogP contribution is -2.49. The summed E-state index contributed by atoms with van der Waals surface area (Å²) in [7, 11) is 0. The number of pyridine rings is 1. The number of carbonyl (C=O) groups excluding carboxylic acids is 1. The lowest BCUT2D eigenvalue weighted by molar-refractivity contribution is 0.183. The van der Waals surface area contributed by atoms with Crippen LogP contribution in [-0.2, 0) is 5.54 Å². The second-order valence-electron chi connectivity index (χ2n) is 10.5. The molecule has 0 saturated carbocycles. The average Bonchev–Trinajstić information content (AvgIpc) is 3.08. The number of likely N-dealkylation sites (tertiary alicyclic amines) is 1. The fourth-order valence-corrected chi connectivity index (χ4v) is 5.61. The van der Waals surface area contributed by atoms with Crippen LogP contribution in [0.2, 0.25) is 15.2 Å². The molecule has 0 bridgehead atoms. The quantitative estimate of drug-likeness (QED) is 0.316. The number of urea groups is 1. The van der Waals surface area contributed by atoms with E-state index in [1.807, 2.05) is 20.8 Å². The Hall–Kier alpha value is -2.45. The molecule has 0 spiro atoms. The number of anilines is 1. The highest BCUT2D eigenvalue weighted by atomic mass is 35.5. The summed E-state index contributed by atoms with van der Waals surface area (Å²) in [5.41, 5.74) is 6.04. The van der Waals surface area contributed by atoms with Crippen molar-refractivity contribution in [1.82, 2.24) is 9.88 Å². The van der Waals surface area contributed by atoms with Crippen molar-refractivity contribution in [2.24, 2.45) is 17.1 Å². The van der Waals surface area contributed by atoms with Crippen molar-refractivity contribution in [3.05, 3.63) is 92.7 Å². The molecule has 2 heterocycles. The molecule has 1 fully saturated rings. The van der Waals surface area contributed by atoms with Crippen molar-refractivity contribution in [3.63, 3.8) is 0 Å². The van der Waals surface area contributed by atoms with Crippen molar-refractivity contribution in [1.29, 1.82) is 0 Å². The van der Waals surface area contributed by atoms with E-state index >= 15 is 8.78 Å². The highest BCUT2D eigenvalue weighted by Gasteiger charge is 2.57. The number of carbonyl (C=O) groups is 1. The highest BCUT2D eigenvalue weighted by molar-refractivity contribution is 6.31. The van der Waals surface area contributed by atoms with Gasteiger partial charge in [-0.3, -0.25) is 0 Å². The van der Waals surface area contributed by atoms with E-state index < -0.39 is 35.2 Å². The van der Waals surface area contributed by atoms with Crippen LogP contribution >= 0.6 is 34.8 Å². The zero-order chi connectivity index (χ0) is 27.1. The van der Waals surface area contributed by atoms with E-state index in [1.54, 1.807) is 12.1 Å². The van der Waals surface area contributed by atoms with E-state index in [9.17, 15) is 4.79 Å². The number of halogens is 5. The van der Waals surface area contributed by atoms with Gasteiger partial charge in [-0.1, -0.05) is 73.8 Å². The number of hydrogen-bond acceptors (Lipinski definition) is 3. The molecular weight excluding hydrogens is 541 g/mol. The largest absolute Gasteiger partial charge is 0.322 e. The van der Waals surface area contributed by atoms with Crippen molar-refractivity contribution >= 4 is 46.5 Å². The molecule has 3 N–H and O–H groups in total. The molecule has 2 aromatic carbocycles. The van der Waals surface area contributed by atoms with Gasteiger partial charge >= 0.3 is 6.03 Å². The number of aromatic nitrogens is 1. The van der Waals surface area contributed by atoms with E-state index in [-0.39, 0.29) is 38.3 Å². The van der Waals surface area contributed by atoms with Gasteiger partial charge in [-0.15, -0.1) is 0 Å². The number of nitrogens with zero attached hydrogens (tertiary/aromatic N) is 2. The summed E-state index contributed by atoms with van der Waals surface area (Å²) in [6.45, 7) is 6.23. The van der Waals surface area contributed by atoms with Gasteiger partial charge in [0.15, 0.2) is 0 Å². The highest BCUT2D eigenvalue weighted by Crippen LogP contribution is 2.53. The minimum Gasteiger partial charge on any atom is -0.319 e. The molecule has 3 aromatic rings. The summed E-state index contributed by atoms with van der Waals surface area (Å²) < 4.78 is 31.1. The SMILES string of the molecule is CC(C)(C)C[C@@H]1CN(C(=O)Nc2ccc(Cl)nc2)[C@H](c2cccc(Cl)c2F)[C@@]1(N)c1ccc(Cl)cc1F. The summed E-state index contributed by atoms with van der Waals surface area (Å²) in [4.78, 5) is 19.1. The van der Waals surface area contributed by atoms with Gasteiger partial charge < -0.3 is 16.0 Å². The molecule has 37 heavy (non-hydrogen) atoms. The molecular formula is C27H27Cl3F2N4O. The first-order chi connectivity index (χ1) is 17.3. The summed E-state index contributed by atoms with van der Waals surface area (Å²) >= 11 is 18.1. The molecule has 196 valence electrons. The Balaban J connectivity index is 1.91. The number of hydrogen-bond donors (Lipinski definition) is 2.